The van der Waals surface area contributed by atoms with E-state index in [1.807, 2.05) is 43.3 Å². The zero-order valence-electron chi connectivity index (χ0n) is 14.9. The van der Waals surface area contributed by atoms with Crippen LogP contribution in [0.5, 0.6) is 5.75 Å². The molecule has 0 spiro atoms. The average Bonchev–Trinajstić information content (AvgIpc) is 2.98. The summed E-state index contributed by atoms with van der Waals surface area (Å²) in [5.41, 5.74) is 1.23. The molecule has 130 valence electrons. The van der Waals surface area contributed by atoms with Crippen molar-refractivity contribution in [3.8, 4) is 5.75 Å². The van der Waals surface area contributed by atoms with Crippen LogP contribution in [0.1, 0.15) is 18.3 Å². The van der Waals surface area contributed by atoms with Crippen LogP contribution < -0.4 is 10.1 Å². The molecule has 0 fully saturated rings. The number of aliphatic imine (C=N–C) groups is 1. The Bertz CT molecular complexity index is 649. The Morgan fingerprint density at radius 3 is 2.71 bits per heavy atom. The predicted molar refractivity (Wildman–Crippen MR) is 95.1 cm³/mol. The second-order valence-electron chi connectivity index (χ2n) is 5.55. The first-order valence-electron chi connectivity index (χ1n) is 8.12. The molecule has 0 amide bonds. The van der Waals surface area contributed by atoms with E-state index in [1.165, 1.54) is 11.9 Å². The highest BCUT2D eigenvalue weighted by Gasteiger charge is 2.07. The molecule has 0 aliphatic heterocycles. The molecule has 1 aromatic heterocycles. The van der Waals surface area contributed by atoms with Gasteiger partial charge in [0.05, 0.1) is 6.54 Å². The Hall–Kier alpha value is -2.57. The molecular formula is C17H26N6O. The minimum Gasteiger partial charge on any atom is -0.492 e. The van der Waals surface area contributed by atoms with Crippen LogP contribution in [-0.4, -0.2) is 52.4 Å². The fourth-order valence-corrected chi connectivity index (χ4v) is 2.12. The molecule has 7 nitrogen and oxygen atoms in total. The van der Waals surface area contributed by atoms with Gasteiger partial charge in [0.15, 0.2) is 5.96 Å². The summed E-state index contributed by atoms with van der Waals surface area (Å²) in [5, 5.41) is 7.34. The van der Waals surface area contributed by atoms with Crippen molar-refractivity contribution in [3.05, 3.63) is 42.0 Å². The lowest BCUT2D eigenvalue weighted by molar-refractivity contribution is 0.281. The van der Waals surface area contributed by atoms with Gasteiger partial charge in [-0.05, 0) is 26.0 Å². The number of hydrogen-bond acceptors (Lipinski definition) is 4. The molecule has 2 aromatic rings. The van der Waals surface area contributed by atoms with Crippen molar-refractivity contribution in [2.45, 2.75) is 20.4 Å². The molecule has 0 unspecified atom stereocenters. The van der Waals surface area contributed by atoms with Crippen molar-refractivity contribution in [1.29, 1.82) is 0 Å². The number of nitrogens with zero attached hydrogens (tertiary/aromatic N) is 5. The number of hydrogen-bond donors (Lipinski definition) is 1. The van der Waals surface area contributed by atoms with E-state index in [0.717, 1.165) is 30.6 Å². The smallest absolute Gasteiger partial charge is 0.194 e. The molecule has 0 bridgehead atoms. The summed E-state index contributed by atoms with van der Waals surface area (Å²) in [4.78, 5) is 10.8. The second-order valence-corrected chi connectivity index (χ2v) is 5.55. The van der Waals surface area contributed by atoms with Crippen LogP contribution >= 0.6 is 0 Å². The summed E-state index contributed by atoms with van der Waals surface area (Å²) in [6, 6.07) is 8.07. The number of likely N-dealkylation sites (N-methyl/N-ethyl adjacent to an activating group) is 1. The molecule has 0 aliphatic rings. The Labute approximate surface area is 143 Å². The number of aromatic nitrogens is 3. The van der Waals surface area contributed by atoms with E-state index in [0.29, 0.717) is 13.2 Å². The maximum atomic E-state index is 5.78. The molecule has 0 saturated heterocycles. The number of ether oxygens (including phenoxy) is 1. The van der Waals surface area contributed by atoms with Gasteiger partial charge in [0.25, 0.3) is 0 Å². The van der Waals surface area contributed by atoms with Gasteiger partial charge < -0.3 is 15.0 Å². The number of benzene rings is 1. The normalized spacial score (nSPS) is 11.4. The van der Waals surface area contributed by atoms with Crippen molar-refractivity contribution in [1.82, 2.24) is 25.0 Å². The molecular weight excluding hydrogens is 304 g/mol. The number of aryl methyl sites for hydroxylation is 2. The van der Waals surface area contributed by atoms with Gasteiger partial charge in [0.1, 0.15) is 31.1 Å². The highest BCUT2D eigenvalue weighted by atomic mass is 16.5. The van der Waals surface area contributed by atoms with Gasteiger partial charge in [0.2, 0.25) is 0 Å². The van der Waals surface area contributed by atoms with E-state index in [9.17, 15) is 0 Å². The Morgan fingerprint density at radius 1 is 1.33 bits per heavy atom. The maximum Gasteiger partial charge on any atom is 0.194 e. The lowest BCUT2D eigenvalue weighted by Crippen LogP contribution is -2.40. The van der Waals surface area contributed by atoms with E-state index < -0.39 is 0 Å². The standard InChI is InChI=1S/C17H26N6O/c1-5-18-17(19-12-16-20-13-21-23(16)4)22(3)10-11-24-15-8-6-14(2)7-9-15/h6-9,13H,5,10-12H2,1-4H3,(H,18,19). The highest BCUT2D eigenvalue weighted by molar-refractivity contribution is 5.79. The van der Waals surface area contributed by atoms with Gasteiger partial charge in [-0.15, -0.1) is 0 Å². The fourth-order valence-electron chi connectivity index (χ4n) is 2.12. The number of nitrogens with one attached hydrogen (secondary N) is 1. The number of rotatable bonds is 7. The molecule has 0 atom stereocenters. The molecule has 7 heteroatoms. The fraction of sp³-hybridized carbons (Fsp3) is 0.471. The zero-order valence-corrected chi connectivity index (χ0v) is 14.9. The summed E-state index contributed by atoms with van der Waals surface area (Å²) >= 11 is 0. The van der Waals surface area contributed by atoms with Crippen LogP contribution in [-0.2, 0) is 13.6 Å². The van der Waals surface area contributed by atoms with Crippen LogP contribution in [0.4, 0.5) is 0 Å². The third kappa shape index (κ3) is 5.26. The largest absolute Gasteiger partial charge is 0.492 e. The molecule has 0 aliphatic carbocycles. The van der Waals surface area contributed by atoms with Crippen LogP contribution in [0, 0.1) is 6.92 Å². The van der Waals surface area contributed by atoms with E-state index >= 15 is 0 Å². The van der Waals surface area contributed by atoms with E-state index in [1.54, 1.807) is 4.68 Å². The molecule has 1 heterocycles. The zero-order chi connectivity index (χ0) is 17.4. The Kier molecular flexibility index (Phi) is 6.60. The minimum absolute atomic E-state index is 0.488. The first-order valence-corrected chi connectivity index (χ1v) is 8.12. The lowest BCUT2D eigenvalue weighted by Gasteiger charge is -2.22. The quantitative estimate of drug-likeness (QED) is 0.617. The summed E-state index contributed by atoms with van der Waals surface area (Å²) in [7, 11) is 3.86. The van der Waals surface area contributed by atoms with Gasteiger partial charge >= 0.3 is 0 Å². The van der Waals surface area contributed by atoms with Crippen LogP contribution in [0.25, 0.3) is 0 Å². The first-order chi connectivity index (χ1) is 11.6. The van der Waals surface area contributed by atoms with Gasteiger partial charge in [-0.25, -0.2) is 9.98 Å². The topological polar surface area (TPSA) is 67.6 Å². The molecule has 24 heavy (non-hydrogen) atoms. The van der Waals surface area contributed by atoms with Crippen LogP contribution in [0.15, 0.2) is 35.6 Å². The molecule has 0 radical (unpaired) electrons. The summed E-state index contributed by atoms with van der Waals surface area (Å²) < 4.78 is 7.51. The van der Waals surface area contributed by atoms with Crippen molar-refractivity contribution < 1.29 is 4.74 Å². The summed E-state index contributed by atoms with van der Waals surface area (Å²) in [5.74, 6) is 2.54. The highest BCUT2D eigenvalue weighted by Crippen LogP contribution is 2.11. The van der Waals surface area contributed by atoms with Crippen LogP contribution in [0.3, 0.4) is 0 Å². The minimum atomic E-state index is 0.488. The molecule has 0 saturated carbocycles. The van der Waals surface area contributed by atoms with Gasteiger partial charge in [0, 0.05) is 20.6 Å². The van der Waals surface area contributed by atoms with Crippen molar-refractivity contribution in [2.75, 3.05) is 26.7 Å². The van der Waals surface area contributed by atoms with Gasteiger partial charge in [-0.1, -0.05) is 17.7 Å². The van der Waals surface area contributed by atoms with Crippen molar-refractivity contribution in [3.63, 3.8) is 0 Å². The van der Waals surface area contributed by atoms with Crippen molar-refractivity contribution >= 4 is 5.96 Å². The summed E-state index contributed by atoms with van der Waals surface area (Å²) in [6.07, 6.45) is 1.54. The third-order valence-corrected chi connectivity index (χ3v) is 3.59. The van der Waals surface area contributed by atoms with Crippen LogP contribution in [0.2, 0.25) is 0 Å². The second kappa shape index (κ2) is 8.90. The SMILES string of the molecule is CCNC(=NCc1ncnn1C)N(C)CCOc1ccc(C)cc1. The number of guanidine groups is 1. The summed E-state index contributed by atoms with van der Waals surface area (Å²) in [6.45, 7) is 6.73. The monoisotopic (exact) mass is 330 g/mol. The van der Waals surface area contributed by atoms with E-state index in [-0.39, 0.29) is 0 Å². The van der Waals surface area contributed by atoms with Gasteiger partial charge in [-0.3, -0.25) is 4.68 Å². The van der Waals surface area contributed by atoms with E-state index in [4.69, 9.17) is 4.74 Å². The molecule has 1 N–H and O–H groups in total. The maximum absolute atomic E-state index is 5.78. The van der Waals surface area contributed by atoms with E-state index in [2.05, 4.69) is 34.2 Å². The Morgan fingerprint density at radius 2 is 2.08 bits per heavy atom. The van der Waals surface area contributed by atoms with Crippen molar-refractivity contribution in [2.24, 2.45) is 12.0 Å². The first kappa shape index (κ1) is 17.8. The Balaban J connectivity index is 1.87. The lowest BCUT2D eigenvalue weighted by atomic mass is 10.2. The third-order valence-electron chi connectivity index (χ3n) is 3.59. The predicted octanol–water partition coefficient (Wildman–Crippen LogP) is 1.60. The molecule has 2 rings (SSSR count). The van der Waals surface area contributed by atoms with Gasteiger partial charge in [-0.2, -0.15) is 5.10 Å². The molecule has 1 aromatic carbocycles. The average molecular weight is 330 g/mol.